The molecule has 2 aromatic carbocycles. The van der Waals surface area contributed by atoms with Crippen LogP contribution in [0.5, 0.6) is 11.6 Å². The standard InChI is InChI=1S/C21H22ClN3O3/c1-27-18-11-5-7-16(13-18)8-6-12-23-20(26)15-28-21-19(22)14-25(24-21)17-9-3-2-4-10-17/h2-5,7,9-11,13-14H,6,8,12,15H2,1H3,(H,23,26). The lowest BCUT2D eigenvalue weighted by atomic mass is 10.1. The second-order valence-corrected chi connectivity index (χ2v) is 6.56. The average Bonchev–Trinajstić information content (AvgIpc) is 3.11. The van der Waals surface area contributed by atoms with Gasteiger partial charge in [-0.05, 0) is 42.7 Å². The lowest BCUT2D eigenvalue weighted by Gasteiger charge is -2.07. The molecule has 1 amide bonds. The summed E-state index contributed by atoms with van der Waals surface area (Å²) in [5, 5.41) is 7.47. The lowest BCUT2D eigenvalue weighted by Crippen LogP contribution is -2.30. The molecule has 6 nitrogen and oxygen atoms in total. The monoisotopic (exact) mass is 399 g/mol. The van der Waals surface area contributed by atoms with Crippen molar-refractivity contribution in [3.8, 4) is 17.3 Å². The van der Waals surface area contributed by atoms with Gasteiger partial charge in [-0.15, -0.1) is 5.10 Å². The van der Waals surface area contributed by atoms with Crippen LogP contribution in [0.15, 0.2) is 60.8 Å². The Morgan fingerprint density at radius 3 is 2.79 bits per heavy atom. The molecule has 7 heteroatoms. The van der Waals surface area contributed by atoms with Crippen molar-refractivity contribution in [3.05, 3.63) is 71.4 Å². The Kier molecular flexibility index (Phi) is 6.92. The van der Waals surface area contributed by atoms with Crippen LogP contribution in [0.1, 0.15) is 12.0 Å². The Labute approximate surface area is 169 Å². The van der Waals surface area contributed by atoms with Crippen molar-refractivity contribution in [1.29, 1.82) is 0 Å². The van der Waals surface area contributed by atoms with Crippen LogP contribution in [-0.2, 0) is 11.2 Å². The first kappa shape index (κ1) is 19.8. The first-order chi connectivity index (χ1) is 13.7. The van der Waals surface area contributed by atoms with Crippen LogP contribution in [0, 0.1) is 0 Å². The van der Waals surface area contributed by atoms with Crippen LogP contribution in [0.2, 0.25) is 5.02 Å². The maximum Gasteiger partial charge on any atom is 0.258 e. The second kappa shape index (κ2) is 9.80. The molecule has 0 aliphatic heterocycles. The molecule has 1 N–H and O–H groups in total. The van der Waals surface area contributed by atoms with E-state index in [0.717, 1.165) is 24.3 Å². The quantitative estimate of drug-likeness (QED) is 0.557. The van der Waals surface area contributed by atoms with Crippen LogP contribution >= 0.6 is 11.6 Å². The maximum absolute atomic E-state index is 12.0. The molecule has 28 heavy (non-hydrogen) atoms. The highest BCUT2D eigenvalue weighted by molar-refractivity contribution is 6.31. The second-order valence-electron chi connectivity index (χ2n) is 6.16. The zero-order chi connectivity index (χ0) is 19.8. The van der Waals surface area contributed by atoms with Crippen molar-refractivity contribution in [2.75, 3.05) is 20.3 Å². The Balaban J connectivity index is 1.41. The molecule has 0 unspecified atom stereocenters. The summed E-state index contributed by atoms with van der Waals surface area (Å²) in [4.78, 5) is 12.0. The van der Waals surface area contributed by atoms with Gasteiger partial charge in [0.05, 0.1) is 19.0 Å². The van der Waals surface area contributed by atoms with Crippen LogP contribution < -0.4 is 14.8 Å². The summed E-state index contributed by atoms with van der Waals surface area (Å²) in [5.74, 6) is 0.856. The van der Waals surface area contributed by atoms with E-state index in [1.165, 1.54) is 5.56 Å². The Bertz CT molecular complexity index is 912. The minimum atomic E-state index is -0.212. The molecule has 0 saturated carbocycles. The van der Waals surface area contributed by atoms with Gasteiger partial charge in [0.25, 0.3) is 11.8 Å². The van der Waals surface area contributed by atoms with Gasteiger partial charge in [-0.3, -0.25) is 4.79 Å². The number of hydrogen-bond acceptors (Lipinski definition) is 4. The topological polar surface area (TPSA) is 65.4 Å². The summed E-state index contributed by atoms with van der Waals surface area (Å²) in [6, 6.07) is 17.4. The van der Waals surface area contributed by atoms with Gasteiger partial charge in [0, 0.05) is 6.54 Å². The van der Waals surface area contributed by atoms with E-state index in [0.29, 0.717) is 11.6 Å². The predicted octanol–water partition coefficient (Wildman–Crippen LogP) is 3.66. The van der Waals surface area contributed by atoms with Gasteiger partial charge in [-0.1, -0.05) is 41.9 Å². The van der Waals surface area contributed by atoms with E-state index in [9.17, 15) is 4.79 Å². The minimum absolute atomic E-state index is 0.134. The molecule has 0 spiro atoms. The molecule has 0 fully saturated rings. The third-order valence-electron chi connectivity index (χ3n) is 4.10. The average molecular weight is 400 g/mol. The van der Waals surface area contributed by atoms with Crippen molar-refractivity contribution in [2.45, 2.75) is 12.8 Å². The molecule has 1 heterocycles. The Morgan fingerprint density at radius 1 is 1.18 bits per heavy atom. The third kappa shape index (κ3) is 5.50. The molecular weight excluding hydrogens is 378 g/mol. The summed E-state index contributed by atoms with van der Waals surface area (Å²) >= 11 is 6.15. The van der Waals surface area contributed by atoms with E-state index in [2.05, 4.69) is 10.4 Å². The molecule has 0 aliphatic carbocycles. The largest absolute Gasteiger partial charge is 0.497 e. The molecular formula is C21H22ClN3O3. The number of nitrogens with zero attached hydrogens (tertiary/aromatic N) is 2. The number of carbonyl (C=O) groups is 1. The summed E-state index contributed by atoms with van der Waals surface area (Å²) in [6.45, 7) is 0.427. The van der Waals surface area contributed by atoms with E-state index in [-0.39, 0.29) is 18.4 Å². The molecule has 0 atom stereocenters. The zero-order valence-corrected chi connectivity index (χ0v) is 16.4. The summed E-state index contributed by atoms with van der Waals surface area (Å²) < 4.78 is 12.3. The smallest absolute Gasteiger partial charge is 0.258 e. The number of hydrogen-bond donors (Lipinski definition) is 1. The Morgan fingerprint density at radius 2 is 2.00 bits per heavy atom. The molecule has 0 bridgehead atoms. The number of amides is 1. The minimum Gasteiger partial charge on any atom is -0.497 e. The number of ether oxygens (including phenoxy) is 2. The van der Waals surface area contributed by atoms with Gasteiger partial charge >= 0.3 is 0 Å². The van der Waals surface area contributed by atoms with Gasteiger partial charge in [-0.25, -0.2) is 4.68 Å². The molecule has 1 aromatic heterocycles. The van der Waals surface area contributed by atoms with Gasteiger partial charge in [-0.2, -0.15) is 0 Å². The van der Waals surface area contributed by atoms with Crippen molar-refractivity contribution < 1.29 is 14.3 Å². The van der Waals surface area contributed by atoms with E-state index < -0.39 is 0 Å². The van der Waals surface area contributed by atoms with Gasteiger partial charge in [0.2, 0.25) is 0 Å². The highest BCUT2D eigenvalue weighted by Gasteiger charge is 2.11. The SMILES string of the molecule is COc1cccc(CCCNC(=O)COc2nn(-c3ccccc3)cc2Cl)c1. The van der Waals surface area contributed by atoms with Crippen LogP contribution in [-0.4, -0.2) is 35.9 Å². The zero-order valence-electron chi connectivity index (χ0n) is 15.6. The van der Waals surface area contributed by atoms with Gasteiger partial charge < -0.3 is 14.8 Å². The van der Waals surface area contributed by atoms with Crippen molar-refractivity contribution >= 4 is 17.5 Å². The first-order valence-corrected chi connectivity index (χ1v) is 9.36. The van der Waals surface area contributed by atoms with Crippen LogP contribution in [0.25, 0.3) is 5.69 Å². The molecule has 0 saturated heterocycles. The molecule has 3 aromatic rings. The lowest BCUT2D eigenvalue weighted by molar-refractivity contribution is -0.123. The van der Waals surface area contributed by atoms with Gasteiger partial charge in [0.15, 0.2) is 6.61 Å². The number of methoxy groups -OCH3 is 1. The number of para-hydroxylation sites is 1. The summed E-state index contributed by atoms with van der Waals surface area (Å²) in [7, 11) is 1.65. The van der Waals surface area contributed by atoms with Crippen molar-refractivity contribution in [2.24, 2.45) is 0 Å². The fourth-order valence-corrected chi connectivity index (χ4v) is 2.87. The highest BCUT2D eigenvalue weighted by Crippen LogP contribution is 2.23. The number of benzene rings is 2. The number of carbonyl (C=O) groups excluding carboxylic acids is 1. The number of nitrogens with one attached hydrogen (secondary N) is 1. The first-order valence-electron chi connectivity index (χ1n) is 8.99. The number of aryl methyl sites for hydroxylation is 1. The normalized spacial score (nSPS) is 10.5. The third-order valence-corrected chi connectivity index (χ3v) is 4.36. The van der Waals surface area contributed by atoms with Crippen LogP contribution in [0.3, 0.4) is 0 Å². The summed E-state index contributed by atoms with van der Waals surface area (Å²) in [5.41, 5.74) is 2.03. The van der Waals surface area contributed by atoms with Crippen LogP contribution in [0.4, 0.5) is 0 Å². The van der Waals surface area contributed by atoms with E-state index in [4.69, 9.17) is 21.1 Å². The van der Waals surface area contributed by atoms with E-state index in [1.54, 1.807) is 18.0 Å². The highest BCUT2D eigenvalue weighted by atomic mass is 35.5. The number of aromatic nitrogens is 2. The van der Waals surface area contributed by atoms with E-state index >= 15 is 0 Å². The molecule has 0 radical (unpaired) electrons. The number of halogens is 1. The molecule has 146 valence electrons. The maximum atomic E-state index is 12.0. The predicted molar refractivity (Wildman–Crippen MR) is 108 cm³/mol. The fourth-order valence-electron chi connectivity index (χ4n) is 2.68. The van der Waals surface area contributed by atoms with Crippen molar-refractivity contribution in [3.63, 3.8) is 0 Å². The summed E-state index contributed by atoms with van der Waals surface area (Å²) in [6.07, 6.45) is 3.33. The van der Waals surface area contributed by atoms with Gasteiger partial charge in [0.1, 0.15) is 10.8 Å². The van der Waals surface area contributed by atoms with Crippen molar-refractivity contribution in [1.82, 2.24) is 15.1 Å². The molecule has 0 aliphatic rings. The molecule has 3 rings (SSSR count). The number of rotatable bonds is 9. The fraction of sp³-hybridized carbons (Fsp3) is 0.238. The Hall–Kier alpha value is -2.99. The van der Waals surface area contributed by atoms with E-state index in [1.807, 2.05) is 54.6 Å².